The Morgan fingerprint density at radius 2 is 0.476 bits per heavy atom. The van der Waals surface area contributed by atoms with Crippen molar-refractivity contribution < 1.29 is 28.6 Å². The highest BCUT2D eigenvalue weighted by molar-refractivity contribution is 5.71. The summed E-state index contributed by atoms with van der Waals surface area (Å²) in [6.45, 7) is 6.31. The molecule has 0 saturated carbocycles. The van der Waals surface area contributed by atoms with Crippen molar-refractivity contribution in [3.05, 3.63) is 170 Å². The lowest BCUT2D eigenvalue weighted by molar-refractivity contribution is -0.167. The highest BCUT2D eigenvalue weighted by atomic mass is 16.6. The molecule has 0 N–H and O–H groups in total. The van der Waals surface area contributed by atoms with Crippen LogP contribution in [-0.2, 0) is 28.6 Å². The van der Waals surface area contributed by atoms with Gasteiger partial charge in [0.1, 0.15) is 13.2 Å². The van der Waals surface area contributed by atoms with Crippen LogP contribution in [-0.4, -0.2) is 37.2 Å². The first-order valence-electron chi connectivity index (χ1n) is 33.1. The Labute approximate surface area is 504 Å². The third kappa shape index (κ3) is 65.6. The van der Waals surface area contributed by atoms with Crippen LogP contribution >= 0.6 is 0 Å². The minimum absolute atomic E-state index is 0.104. The molecule has 0 amide bonds. The van der Waals surface area contributed by atoms with Crippen molar-refractivity contribution >= 4 is 17.9 Å². The number of rotatable bonds is 58. The van der Waals surface area contributed by atoms with E-state index in [0.29, 0.717) is 19.3 Å². The molecule has 0 spiro atoms. The molecule has 0 rings (SSSR count). The second-order valence-electron chi connectivity index (χ2n) is 21.3. The van der Waals surface area contributed by atoms with Gasteiger partial charge < -0.3 is 14.2 Å². The van der Waals surface area contributed by atoms with E-state index in [2.05, 4.69) is 191 Å². The van der Waals surface area contributed by atoms with E-state index in [1.54, 1.807) is 0 Å². The van der Waals surface area contributed by atoms with Crippen molar-refractivity contribution in [2.24, 2.45) is 0 Å². The van der Waals surface area contributed by atoms with Crippen molar-refractivity contribution in [3.8, 4) is 0 Å². The van der Waals surface area contributed by atoms with Crippen molar-refractivity contribution in [2.45, 2.75) is 277 Å². The fraction of sp³-hybridized carbons (Fsp3) is 0.592. The van der Waals surface area contributed by atoms with E-state index in [9.17, 15) is 14.4 Å². The summed E-state index contributed by atoms with van der Waals surface area (Å²) in [4.78, 5) is 38.3. The number of unbranched alkanes of at least 4 members (excludes halogenated alkanes) is 19. The normalized spacial score (nSPS) is 13.3. The van der Waals surface area contributed by atoms with Gasteiger partial charge in [-0.2, -0.15) is 0 Å². The average Bonchev–Trinajstić information content (AvgIpc) is 3.47. The molecule has 1 unspecified atom stereocenters. The Morgan fingerprint density at radius 3 is 0.768 bits per heavy atom. The van der Waals surface area contributed by atoms with Gasteiger partial charge in [-0.25, -0.2) is 0 Å². The summed E-state index contributed by atoms with van der Waals surface area (Å²) < 4.78 is 16.9. The molecular formula is C76H120O6. The number of carbonyl (C=O) groups is 3. The van der Waals surface area contributed by atoms with Crippen LogP contribution in [0.1, 0.15) is 271 Å². The second-order valence-corrected chi connectivity index (χ2v) is 21.3. The summed E-state index contributed by atoms with van der Waals surface area (Å²) in [6.07, 6.45) is 101. The Kier molecular flexibility index (Phi) is 63.9. The van der Waals surface area contributed by atoms with Gasteiger partial charge in [-0.1, -0.05) is 274 Å². The summed E-state index contributed by atoms with van der Waals surface area (Å²) >= 11 is 0. The highest BCUT2D eigenvalue weighted by Gasteiger charge is 2.19. The van der Waals surface area contributed by atoms with Crippen LogP contribution in [0.2, 0.25) is 0 Å². The number of esters is 3. The molecule has 0 fully saturated rings. The predicted octanol–water partition coefficient (Wildman–Crippen LogP) is 23.0. The van der Waals surface area contributed by atoms with Crippen LogP contribution in [0.4, 0.5) is 0 Å². The topological polar surface area (TPSA) is 78.9 Å². The quantitative estimate of drug-likeness (QED) is 0.0261. The van der Waals surface area contributed by atoms with E-state index in [4.69, 9.17) is 14.2 Å². The summed E-state index contributed by atoms with van der Waals surface area (Å²) in [7, 11) is 0. The zero-order valence-electron chi connectivity index (χ0n) is 52.7. The first-order valence-corrected chi connectivity index (χ1v) is 33.1. The molecule has 0 aromatic rings. The lowest BCUT2D eigenvalue weighted by Gasteiger charge is -2.18. The van der Waals surface area contributed by atoms with Gasteiger partial charge in [-0.05, 0) is 148 Å². The zero-order chi connectivity index (χ0) is 59.2. The SMILES string of the molecule is CC/C=C\C/C=C\C/C=C\C/C=C\C/C=C\C/C=C\C/C=C\CCCCCC(=O)OC(COC(=O)CCCCCCC/C=C\CCC)COC(=O)CCCCCCCCCCCC/C=C\C/C=C\C/C=C\C/C=C\C/C=C\C/C=C\CC. The van der Waals surface area contributed by atoms with Gasteiger partial charge in [-0.15, -0.1) is 0 Å². The fourth-order valence-corrected chi connectivity index (χ4v) is 8.55. The molecule has 0 saturated heterocycles. The minimum atomic E-state index is -0.810. The molecule has 6 heteroatoms. The Hall–Kier alpha value is -5.23. The maximum absolute atomic E-state index is 12.9. The van der Waals surface area contributed by atoms with E-state index in [1.807, 2.05) is 0 Å². The summed E-state index contributed by atoms with van der Waals surface area (Å²) in [5, 5.41) is 0. The predicted molar refractivity (Wildman–Crippen MR) is 357 cm³/mol. The molecular weight excluding hydrogens is 1010 g/mol. The highest BCUT2D eigenvalue weighted by Crippen LogP contribution is 2.15. The lowest BCUT2D eigenvalue weighted by Crippen LogP contribution is -2.30. The number of hydrogen-bond donors (Lipinski definition) is 0. The first-order chi connectivity index (χ1) is 40.5. The molecule has 6 nitrogen and oxygen atoms in total. The van der Waals surface area contributed by atoms with Gasteiger partial charge >= 0.3 is 17.9 Å². The molecule has 0 aliphatic rings. The number of ether oxygens (including phenoxy) is 3. The number of allylic oxidation sites excluding steroid dienone is 28. The fourth-order valence-electron chi connectivity index (χ4n) is 8.55. The van der Waals surface area contributed by atoms with Crippen molar-refractivity contribution in [1.82, 2.24) is 0 Å². The minimum Gasteiger partial charge on any atom is -0.462 e. The van der Waals surface area contributed by atoms with E-state index in [1.165, 1.54) is 57.8 Å². The maximum Gasteiger partial charge on any atom is 0.306 e. The maximum atomic E-state index is 12.9. The molecule has 0 heterocycles. The van der Waals surface area contributed by atoms with Crippen LogP contribution in [0, 0.1) is 0 Å². The first kappa shape index (κ1) is 76.8. The Balaban J connectivity index is 4.34. The molecule has 0 aromatic carbocycles. The molecule has 82 heavy (non-hydrogen) atoms. The van der Waals surface area contributed by atoms with Gasteiger partial charge in [0.2, 0.25) is 0 Å². The lowest BCUT2D eigenvalue weighted by atomic mass is 10.1. The summed E-state index contributed by atoms with van der Waals surface area (Å²) in [5.41, 5.74) is 0. The Morgan fingerprint density at radius 1 is 0.256 bits per heavy atom. The molecule has 1 atom stereocenters. The van der Waals surface area contributed by atoms with E-state index >= 15 is 0 Å². The Bertz CT molecular complexity index is 1870. The van der Waals surface area contributed by atoms with E-state index in [0.717, 1.165) is 167 Å². The van der Waals surface area contributed by atoms with Crippen LogP contribution < -0.4 is 0 Å². The van der Waals surface area contributed by atoms with Crippen molar-refractivity contribution in [3.63, 3.8) is 0 Å². The van der Waals surface area contributed by atoms with Crippen LogP contribution in [0.15, 0.2) is 170 Å². The third-order valence-electron chi connectivity index (χ3n) is 13.4. The van der Waals surface area contributed by atoms with E-state index < -0.39 is 6.10 Å². The van der Waals surface area contributed by atoms with Gasteiger partial charge in [-0.3, -0.25) is 14.4 Å². The molecule has 460 valence electrons. The zero-order valence-corrected chi connectivity index (χ0v) is 52.7. The monoisotopic (exact) mass is 1130 g/mol. The summed E-state index contributed by atoms with van der Waals surface area (Å²) in [6, 6.07) is 0. The third-order valence-corrected chi connectivity index (χ3v) is 13.4. The van der Waals surface area contributed by atoms with Crippen LogP contribution in [0.3, 0.4) is 0 Å². The molecule has 0 bridgehead atoms. The van der Waals surface area contributed by atoms with Gasteiger partial charge in [0, 0.05) is 19.3 Å². The number of carbonyl (C=O) groups excluding carboxylic acids is 3. The molecule has 0 aliphatic heterocycles. The smallest absolute Gasteiger partial charge is 0.306 e. The molecule has 0 aromatic heterocycles. The van der Waals surface area contributed by atoms with Gasteiger partial charge in [0.05, 0.1) is 0 Å². The molecule has 0 aliphatic carbocycles. The largest absolute Gasteiger partial charge is 0.462 e. The number of hydrogen-bond acceptors (Lipinski definition) is 6. The van der Waals surface area contributed by atoms with Crippen LogP contribution in [0.5, 0.6) is 0 Å². The van der Waals surface area contributed by atoms with E-state index in [-0.39, 0.29) is 37.5 Å². The van der Waals surface area contributed by atoms with Crippen molar-refractivity contribution in [2.75, 3.05) is 13.2 Å². The second kappa shape index (κ2) is 68.3. The standard InChI is InChI=1S/C76H120O6/c1-4-7-10-13-16-19-22-24-26-28-30-32-34-36-37-38-39-41-42-44-46-48-50-52-54-57-60-63-66-69-75(78)81-72-73(71-80-74(77)68-65-62-59-56-21-18-15-12-9-6-3)82-76(79)70-67-64-61-58-55-53-51-49-47-45-43-40-35-33-31-29-27-25-23-20-17-14-11-8-5-2/h7-8,10-12,15-17,19-20,24-27,30-33,36-37,39-41,43,47,49,53,55,73H,4-6,9,13-14,18,21-23,28-29,34-35,38,42,44-46,48,50-52,54,56-72H2,1-3H3/b10-7-,11-8-,15-12-,19-16-,20-17-,26-24-,27-25-,32-30-,33-31-,37-36-,41-39-,43-40-,49-47-,55-53-. The summed E-state index contributed by atoms with van der Waals surface area (Å²) in [5.74, 6) is -0.956. The van der Waals surface area contributed by atoms with Gasteiger partial charge in [0.25, 0.3) is 0 Å². The molecule has 0 radical (unpaired) electrons. The van der Waals surface area contributed by atoms with Crippen molar-refractivity contribution in [1.29, 1.82) is 0 Å². The van der Waals surface area contributed by atoms with Crippen LogP contribution in [0.25, 0.3) is 0 Å². The van der Waals surface area contributed by atoms with Gasteiger partial charge in [0.15, 0.2) is 6.10 Å². The average molecular weight is 1130 g/mol.